The topological polar surface area (TPSA) is 207 Å². The van der Waals surface area contributed by atoms with Crippen molar-refractivity contribution in [3.05, 3.63) is 33.1 Å². The lowest BCUT2D eigenvalue weighted by molar-refractivity contribution is -0.0277. The van der Waals surface area contributed by atoms with Gasteiger partial charge in [0, 0.05) is 12.3 Å². The fourth-order valence-corrected chi connectivity index (χ4v) is 6.36. The van der Waals surface area contributed by atoms with Crippen molar-refractivity contribution in [2.45, 2.75) is 18.8 Å². The SMILES string of the molecule is C#C[C@H]1C[C@@H](CO[P@](O)(=S)OP(=O)(O)OP(=O)(O)O)O[C@H]1n1ccc(=O)[nH]c1=O. The molecule has 0 bridgehead atoms. The van der Waals surface area contributed by atoms with Crippen molar-refractivity contribution in [3.8, 4) is 12.3 Å². The van der Waals surface area contributed by atoms with Crippen molar-refractivity contribution in [3.63, 3.8) is 0 Å². The molecular weight excluding hydrogens is 477 g/mol. The maximum atomic E-state index is 11.9. The average Bonchev–Trinajstić information content (AvgIpc) is 2.92. The summed E-state index contributed by atoms with van der Waals surface area (Å²) in [5.74, 6) is 1.78. The molecule has 1 aliphatic heterocycles. The van der Waals surface area contributed by atoms with Gasteiger partial charge in [0.25, 0.3) is 5.56 Å². The molecule has 1 aromatic rings. The first-order valence-electron chi connectivity index (χ1n) is 7.43. The zero-order valence-corrected chi connectivity index (χ0v) is 17.6. The average molecular weight is 492 g/mol. The molecule has 162 valence electrons. The third-order valence-corrected chi connectivity index (χ3v) is 8.09. The second-order valence-electron chi connectivity index (χ2n) is 5.56. The van der Waals surface area contributed by atoms with Gasteiger partial charge < -0.3 is 28.8 Å². The molecule has 0 aromatic carbocycles. The van der Waals surface area contributed by atoms with E-state index in [1.165, 1.54) is 6.20 Å². The summed E-state index contributed by atoms with van der Waals surface area (Å²) in [6.45, 7) is -4.99. The fraction of sp³-hybridized carbons (Fsp3) is 0.455. The Morgan fingerprint density at radius 1 is 1.31 bits per heavy atom. The summed E-state index contributed by atoms with van der Waals surface area (Å²) in [4.78, 5) is 61.2. The molecule has 0 radical (unpaired) electrons. The van der Waals surface area contributed by atoms with Crippen LogP contribution in [0.5, 0.6) is 0 Å². The highest BCUT2D eigenvalue weighted by atomic mass is 32.5. The lowest BCUT2D eigenvalue weighted by Gasteiger charge is -2.21. The number of nitrogens with zero attached hydrogens (tertiary/aromatic N) is 1. The molecule has 0 spiro atoms. The van der Waals surface area contributed by atoms with Crippen molar-refractivity contribution in [2.75, 3.05) is 6.61 Å². The largest absolute Gasteiger partial charge is 0.488 e. The van der Waals surface area contributed by atoms with E-state index in [0.717, 1.165) is 10.6 Å². The van der Waals surface area contributed by atoms with Crippen molar-refractivity contribution < 1.29 is 46.6 Å². The second-order valence-corrected chi connectivity index (χ2v) is 11.4. The van der Waals surface area contributed by atoms with Crippen LogP contribution in [-0.4, -0.2) is 41.8 Å². The maximum absolute atomic E-state index is 11.9. The summed E-state index contributed by atoms with van der Waals surface area (Å²) in [5.41, 5.74) is -1.39. The normalized spacial score (nSPS) is 26.4. The van der Waals surface area contributed by atoms with Crippen molar-refractivity contribution in [2.24, 2.45) is 5.92 Å². The molecule has 0 saturated carbocycles. The number of aromatic amines is 1. The van der Waals surface area contributed by atoms with Crippen LogP contribution < -0.4 is 11.2 Å². The van der Waals surface area contributed by atoms with Crippen LogP contribution in [0, 0.1) is 18.3 Å². The van der Waals surface area contributed by atoms with E-state index in [1.807, 2.05) is 4.98 Å². The summed E-state index contributed by atoms with van der Waals surface area (Å²) in [7, 11) is -10.8. The Hall–Kier alpha value is -0.970. The molecule has 1 unspecified atom stereocenters. The molecule has 1 aromatic heterocycles. The van der Waals surface area contributed by atoms with Gasteiger partial charge in [-0.1, -0.05) is 5.92 Å². The zero-order valence-electron chi connectivity index (χ0n) is 14.1. The fourth-order valence-electron chi connectivity index (χ4n) is 2.37. The van der Waals surface area contributed by atoms with Gasteiger partial charge in [-0.2, -0.15) is 4.31 Å². The summed E-state index contributed by atoms with van der Waals surface area (Å²) in [6.07, 6.45) is 4.90. The zero-order chi connectivity index (χ0) is 22.0. The predicted molar refractivity (Wildman–Crippen MR) is 98.7 cm³/mol. The highest BCUT2D eigenvalue weighted by Gasteiger charge is 2.40. The Kier molecular flexibility index (Phi) is 7.57. The summed E-state index contributed by atoms with van der Waals surface area (Å²) in [6, 6.07) is 1.09. The minimum absolute atomic E-state index is 0.123. The number of hydrogen-bond acceptors (Lipinski definition) is 9. The Balaban J connectivity index is 2.04. The van der Waals surface area contributed by atoms with Crippen LogP contribution in [-0.2, 0) is 38.8 Å². The molecule has 14 nitrogen and oxygen atoms in total. The molecule has 0 aliphatic carbocycles. The van der Waals surface area contributed by atoms with Crippen LogP contribution in [0.1, 0.15) is 12.6 Å². The summed E-state index contributed by atoms with van der Waals surface area (Å²) < 4.78 is 41.2. The van der Waals surface area contributed by atoms with Crippen LogP contribution in [0.4, 0.5) is 0 Å². The number of nitrogens with one attached hydrogen (secondary N) is 1. The Bertz CT molecular complexity index is 1060. The number of terminal acetylenes is 1. The van der Waals surface area contributed by atoms with Gasteiger partial charge in [0.05, 0.1) is 18.6 Å². The number of rotatable bonds is 8. The van der Waals surface area contributed by atoms with E-state index in [0.29, 0.717) is 0 Å². The van der Waals surface area contributed by atoms with Gasteiger partial charge in [0.1, 0.15) is 0 Å². The molecule has 5 atom stereocenters. The third-order valence-electron chi connectivity index (χ3n) is 3.37. The van der Waals surface area contributed by atoms with E-state index in [2.05, 4.69) is 26.3 Å². The van der Waals surface area contributed by atoms with Crippen LogP contribution >= 0.6 is 22.4 Å². The van der Waals surface area contributed by atoms with Crippen molar-refractivity contribution in [1.82, 2.24) is 9.55 Å². The van der Waals surface area contributed by atoms with Gasteiger partial charge in [-0.25, -0.2) is 18.2 Å². The van der Waals surface area contributed by atoms with Crippen LogP contribution in [0.2, 0.25) is 0 Å². The summed E-state index contributed by atoms with van der Waals surface area (Å²) in [5, 5.41) is 0. The van der Waals surface area contributed by atoms with E-state index < -0.39 is 58.5 Å². The van der Waals surface area contributed by atoms with Gasteiger partial charge in [0.15, 0.2) is 6.23 Å². The van der Waals surface area contributed by atoms with Crippen LogP contribution in [0.15, 0.2) is 21.9 Å². The monoisotopic (exact) mass is 492 g/mol. The number of H-pyrrole nitrogens is 1. The quantitative estimate of drug-likeness (QED) is 0.230. The number of ether oxygens (including phenoxy) is 1. The molecule has 2 heterocycles. The standard InChI is InChI=1S/C11H15N2O12P3S/c1-2-7-5-8(23-10(7)13-4-3-9(14)12-11(13)15)6-22-28(21,29)25-27(19,20)24-26(16,17)18/h1,3-4,7-8,10H,5-6H2,(H,19,20)(H,21,29)(H,12,14,15)(H2,16,17,18)/t7-,8-,10+,28-/m0/s1. The number of phosphoric acid groups is 2. The number of hydrogen-bond donors (Lipinski definition) is 5. The Morgan fingerprint density at radius 2 is 1.97 bits per heavy atom. The Morgan fingerprint density at radius 3 is 2.52 bits per heavy atom. The van der Waals surface area contributed by atoms with Crippen LogP contribution in [0.3, 0.4) is 0 Å². The Labute approximate surface area is 167 Å². The first-order valence-corrected chi connectivity index (χ1v) is 13.0. The molecule has 1 saturated heterocycles. The molecule has 18 heteroatoms. The molecule has 0 amide bonds. The van der Waals surface area contributed by atoms with Crippen LogP contribution in [0.25, 0.3) is 0 Å². The van der Waals surface area contributed by atoms with E-state index in [9.17, 15) is 28.5 Å². The maximum Gasteiger partial charge on any atom is 0.488 e. The smallest absolute Gasteiger partial charge is 0.351 e. The predicted octanol–water partition coefficient (Wildman–Crippen LogP) is -0.467. The summed E-state index contributed by atoms with van der Waals surface area (Å²) >= 11 is 4.50. The van der Waals surface area contributed by atoms with Crippen molar-refractivity contribution in [1.29, 1.82) is 0 Å². The van der Waals surface area contributed by atoms with Crippen molar-refractivity contribution >= 4 is 34.2 Å². The van der Waals surface area contributed by atoms with E-state index in [4.69, 9.17) is 25.5 Å². The highest BCUT2D eigenvalue weighted by molar-refractivity contribution is 8.08. The van der Waals surface area contributed by atoms with Gasteiger partial charge >= 0.3 is 28.1 Å². The molecule has 1 fully saturated rings. The minimum atomic E-state index is -5.43. The van der Waals surface area contributed by atoms with Gasteiger partial charge in [-0.3, -0.25) is 14.3 Å². The molecular formula is C11H15N2O12P3S. The van der Waals surface area contributed by atoms with E-state index >= 15 is 0 Å². The van der Waals surface area contributed by atoms with E-state index in [1.54, 1.807) is 0 Å². The van der Waals surface area contributed by atoms with E-state index in [-0.39, 0.29) is 6.42 Å². The first kappa shape index (κ1) is 24.3. The van der Waals surface area contributed by atoms with Gasteiger partial charge in [-0.15, -0.1) is 6.42 Å². The highest BCUT2D eigenvalue weighted by Crippen LogP contribution is 2.66. The molecule has 2 rings (SSSR count). The lowest BCUT2D eigenvalue weighted by atomic mass is 10.0. The minimum Gasteiger partial charge on any atom is -0.351 e. The van der Waals surface area contributed by atoms with Gasteiger partial charge in [-0.05, 0) is 18.2 Å². The van der Waals surface area contributed by atoms with Gasteiger partial charge in [0.2, 0.25) is 0 Å². The molecule has 5 N–H and O–H groups in total. The number of aromatic nitrogens is 2. The first-order chi connectivity index (χ1) is 13.2. The molecule has 29 heavy (non-hydrogen) atoms. The third kappa shape index (κ3) is 7.34. The lowest BCUT2D eigenvalue weighted by Crippen LogP contribution is -2.33. The second kappa shape index (κ2) is 9.03. The molecule has 1 aliphatic rings.